The van der Waals surface area contributed by atoms with Crippen molar-refractivity contribution in [2.45, 2.75) is 18.8 Å². The lowest BCUT2D eigenvalue weighted by Gasteiger charge is -2.07. The lowest BCUT2D eigenvalue weighted by Crippen LogP contribution is -2.05. The lowest BCUT2D eigenvalue weighted by atomic mass is 10.2. The van der Waals surface area contributed by atoms with Crippen LogP contribution < -0.4 is 0 Å². The van der Waals surface area contributed by atoms with Gasteiger partial charge in [-0.25, -0.2) is 14.5 Å². The van der Waals surface area contributed by atoms with Crippen LogP contribution in [0, 0.1) is 11.3 Å². The van der Waals surface area contributed by atoms with Crippen LogP contribution in [-0.2, 0) is 0 Å². The first kappa shape index (κ1) is 12.8. The van der Waals surface area contributed by atoms with E-state index < -0.39 is 5.97 Å². The van der Waals surface area contributed by atoms with Crippen LogP contribution in [0.5, 0.6) is 0 Å². The van der Waals surface area contributed by atoms with E-state index in [4.69, 9.17) is 5.11 Å². The van der Waals surface area contributed by atoms with Gasteiger partial charge in [0.25, 0.3) is 5.82 Å². The van der Waals surface area contributed by atoms with Gasteiger partial charge in [0.2, 0.25) is 0 Å². The summed E-state index contributed by atoms with van der Waals surface area (Å²) in [4.78, 5) is 15.1. The molecule has 2 aromatic rings. The molecule has 0 unspecified atom stereocenters. The Morgan fingerprint density at radius 2 is 2.25 bits per heavy atom. The molecule has 1 heterocycles. The third-order valence-electron chi connectivity index (χ3n) is 3.07. The highest BCUT2D eigenvalue weighted by molar-refractivity contribution is 9.10. The lowest BCUT2D eigenvalue weighted by molar-refractivity contribution is 0.0683. The summed E-state index contributed by atoms with van der Waals surface area (Å²) in [5.41, 5.74) is 0.973. The van der Waals surface area contributed by atoms with E-state index in [2.05, 4.69) is 32.1 Å². The molecule has 1 N–H and O–H groups in total. The number of aromatic nitrogens is 3. The van der Waals surface area contributed by atoms with Crippen LogP contribution in [-0.4, -0.2) is 25.8 Å². The molecule has 100 valence electrons. The van der Waals surface area contributed by atoms with E-state index in [-0.39, 0.29) is 11.7 Å². The fourth-order valence-electron chi connectivity index (χ4n) is 1.98. The van der Waals surface area contributed by atoms with E-state index in [0.717, 1.165) is 17.3 Å². The topological polar surface area (TPSA) is 91.8 Å². The highest BCUT2D eigenvalue weighted by Gasteiger charge is 2.32. The van der Waals surface area contributed by atoms with Crippen molar-refractivity contribution in [1.82, 2.24) is 14.8 Å². The van der Waals surface area contributed by atoms with Crippen molar-refractivity contribution in [3.05, 3.63) is 39.9 Å². The van der Waals surface area contributed by atoms with E-state index in [1.807, 2.05) is 0 Å². The standard InChI is InChI=1S/C13H9BrN4O2/c14-9-3-4-10(8(5-9)6-15)18-12(7-1-2-7)16-11(17-18)13(19)20/h3-5,7H,1-2H2,(H,19,20). The average Bonchev–Trinajstić information content (AvgIpc) is 3.17. The smallest absolute Gasteiger partial charge is 0.375 e. The van der Waals surface area contributed by atoms with Gasteiger partial charge < -0.3 is 5.11 Å². The van der Waals surface area contributed by atoms with Crippen LogP contribution in [0.4, 0.5) is 0 Å². The monoisotopic (exact) mass is 332 g/mol. The highest BCUT2D eigenvalue weighted by atomic mass is 79.9. The first-order chi connectivity index (χ1) is 9.60. The second kappa shape index (κ2) is 4.72. The van der Waals surface area contributed by atoms with E-state index in [1.165, 1.54) is 4.68 Å². The minimum absolute atomic E-state index is 0.228. The van der Waals surface area contributed by atoms with Crippen molar-refractivity contribution in [2.24, 2.45) is 0 Å². The molecule has 0 spiro atoms. The quantitative estimate of drug-likeness (QED) is 0.932. The molecule has 1 aliphatic carbocycles. The number of carboxylic acid groups (broad SMARTS) is 1. The summed E-state index contributed by atoms with van der Waals surface area (Å²) in [5, 5.41) is 22.3. The summed E-state index contributed by atoms with van der Waals surface area (Å²) in [5.74, 6) is -0.563. The molecular formula is C13H9BrN4O2. The van der Waals surface area contributed by atoms with Crippen LogP contribution in [0.3, 0.4) is 0 Å². The number of carboxylic acids is 1. The van der Waals surface area contributed by atoms with Gasteiger partial charge in [0.1, 0.15) is 11.9 Å². The third kappa shape index (κ3) is 2.18. The minimum Gasteiger partial charge on any atom is -0.475 e. The van der Waals surface area contributed by atoms with Gasteiger partial charge in [0, 0.05) is 10.4 Å². The second-order valence-corrected chi connectivity index (χ2v) is 5.47. The Morgan fingerprint density at radius 3 is 2.85 bits per heavy atom. The van der Waals surface area contributed by atoms with Crippen molar-refractivity contribution < 1.29 is 9.90 Å². The predicted octanol–water partition coefficient (Wildman–Crippen LogP) is 2.48. The van der Waals surface area contributed by atoms with Crippen molar-refractivity contribution in [3.63, 3.8) is 0 Å². The van der Waals surface area contributed by atoms with Crippen LogP contribution >= 0.6 is 15.9 Å². The maximum atomic E-state index is 11.0. The van der Waals surface area contributed by atoms with Crippen LogP contribution in [0.2, 0.25) is 0 Å². The maximum absolute atomic E-state index is 11.0. The van der Waals surface area contributed by atoms with Crippen molar-refractivity contribution >= 4 is 21.9 Å². The first-order valence-electron chi connectivity index (χ1n) is 6.00. The van der Waals surface area contributed by atoms with Gasteiger partial charge in [-0.05, 0) is 31.0 Å². The molecule has 0 amide bonds. The molecule has 6 nitrogen and oxygen atoms in total. The third-order valence-corrected chi connectivity index (χ3v) is 3.57. The molecule has 0 saturated heterocycles. The van der Waals surface area contributed by atoms with Crippen molar-refractivity contribution in [1.29, 1.82) is 5.26 Å². The largest absolute Gasteiger partial charge is 0.475 e. The number of halogens is 1. The van der Waals surface area contributed by atoms with Crippen molar-refractivity contribution in [3.8, 4) is 11.8 Å². The first-order valence-corrected chi connectivity index (χ1v) is 6.79. The number of aromatic carboxylic acids is 1. The molecular weight excluding hydrogens is 324 g/mol. The number of nitrogens with zero attached hydrogens (tertiary/aromatic N) is 4. The molecule has 1 aromatic heterocycles. The fourth-order valence-corrected chi connectivity index (χ4v) is 2.34. The summed E-state index contributed by atoms with van der Waals surface area (Å²) in [6, 6.07) is 7.29. The molecule has 0 bridgehead atoms. The molecule has 7 heteroatoms. The SMILES string of the molecule is N#Cc1cc(Br)ccc1-n1nc(C(=O)O)nc1C1CC1. The molecule has 1 aliphatic rings. The zero-order valence-corrected chi connectivity index (χ0v) is 11.8. The van der Waals surface area contributed by atoms with Crippen LogP contribution in [0.25, 0.3) is 5.69 Å². The number of benzene rings is 1. The number of carbonyl (C=O) groups is 1. The molecule has 0 atom stereocenters. The Bertz CT molecular complexity index is 743. The molecule has 1 saturated carbocycles. The zero-order valence-electron chi connectivity index (χ0n) is 10.2. The van der Waals surface area contributed by atoms with Crippen LogP contribution in [0.15, 0.2) is 22.7 Å². The van der Waals surface area contributed by atoms with E-state index in [0.29, 0.717) is 17.1 Å². The van der Waals surface area contributed by atoms with E-state index in [1.54, 1.807) is 18.2 Å². The number of hydrogen-bond acceptors (Lipinski definition) is 4. The summed E-state index contributed by atoms with van der Waals surface area (Å²) in [6.45, 7) is 0. The number of nitriles is 1. The Hall–Kier alpha value is -2.20. The van der Waals surface area contributed by atoms with Crippen molar-refractivity contribution in [2.75, 3.05) is 0 Å². The zero-order chi connectivity index (χ0) is 14.3. The number of hydrogen-bond donors (Lipinski definition) is 1. The van der Waals surface area contributed by atoms with Gasteiger partial charge in [-0.2, -0.15) is 5.26 Å². The molecule has 0 radical (unpaired) electrons. The Labute approximate surface area is 122 Å². The highest BCUT2D eigenvalue weighted by Crippen LogP contribution is 2.40. The van der Waals surface area contributed by atoms with Gasteiger partial charge in [-0.3, -0.25) is 0 Å². The Morgan fingerprint density at radius 1 is 1.50 bits per heavy atom. The van der Waals surface area contributed by atoms with Gasteiger partial charge in [0.05, 0.1) is 11.3 Å². The molecule has 1 aromatic carbocycles. The predicted molar refractivity (Wildman–Crippen MR) is 72.7 cm³/mol. The van der Waals surface area contributed by atoms with E-state index in [9.17, 15) is 10.1 Å². The summed E-state index contributed by atoms with van der Waals surface area (Å²) < 4.78 is 2.26. The van der Waals surface area contributed by atoms with Gasteiger partial charge in [0.15, 0.2) is 0 Å². The van der Waals surface area contributed by atoms with Gasteiger partial charge >= 0.3 is 5.97 Å². The summed E-state index contributed by atoms with van der Waals surface area (Å²) in [6.07, 6.45) is 1.94. The maximum Gasteiger partial charge on any atom is 0.375 e. The Balaban J connectivity index is 2.19. The molecule has 3 rings (SSSR count). The molecule has 1 fully saturated rings. The summed E-state index contributed by atoms with van der Waals surface area (Å²) >= 11 is 3.31. The summed E-state index contributed by atoms with van der Waals surface area (Å²) in [7, 11) is 0. The second-order valence-electron chi connectivity index (χ2n) is 4.56. The molecule has 20 heavy (non-hydrogen) atoms. The Kier molecular flexibility index (Phi) is 3.03. The minimum atomic E-state index is -1.17. The fraction of sp³-hybridized carbons (Fsp3) is 0.231. The van der Waals surface area contributed by atoms with Gasteiger partial charge in [-0.15, -0.1) is 5.10 Å². The normalized spacial score (nSPS) is 14.0. The number of rotatable bonds is 3. The van der Waals surface area contributed by atoms with E-state index >= 15 is 0 Å². The van der Waals surface area contributed by atoms with Gasteiger partial charge in [-0.1, -0.05) is 15.9 Å². The average molecular weight is 333 g/mol. The molecule has 0 aliphatic heterocycles. The van der Waals surface area contributed by atoms with Crippen LogP contribution in [0.1, 0.15) is 40.8 Å².